The van der Waals surface area contributed by atoms with Gasteiger partial charge in [0, 0.05) is 38.9 Å². The lowest BCUT2D eigenvalue weighted by Gasteiger charge is -2.34. The Balaban J connectivity index is 1.52. The Morgan fingerprint density at radius 2 is 1.85 bits per heavy atom. The Morgan fingerprint density at radius 1 is 1.15 bits per heavy atom. The van der Waals surface area contributed by atoms with E-state index in [-0.39, 0.29) is 11.8 Å². The molecule has 1 aliphatic rings. The summed E-state index contributed by atoms with van der Waals surface area (Å²) < 4.78 is 4.27. The molecule has 3 rings (SSSR count). The number of hydrogen-bond donors (Lipinski definition) is 2. The summed E-state index contributed by atoms with van der Waals surface area (Å²) in [5, 5.41) is 6.73. The van der Waals surface area contributed by atoms with E-state index in [0.717, 1.165) is 16.4 Å². The maximum absolute atomic E-state index is 12.8. The molecular weight excluding hydrogens is 350 g/mol. The van der Waals surface area contributed by atoms with Crippen LogP contribution >= 0.6 is 11.5 Å². The number of benzene rings is 1. The van der Waals surface area contributed by atoms with Gasteiger partial charge in [0.05, 0.1) is 17.8 Å². The van der Waals surface area contributed by atoms with Crippen LogP contribution in [0.5, 0.6) is 0 Å². The molecule has 7 nitrogen and oxygen atoms in total. The maximum Gasteiger partial charge on any atom is 0.258 e. The van der Waals surface area contributed by atoms with E-state index in [1.54, 1.807) is 7.05 Å². The average Bonchev–Trinajstić information content (AvgIpc) is 3.03. The number of aryl methyl sites for hydroxylation is 1. The SMILES string of the molecule is CNc1snc(C)c1C(=O)N1CCN(CC(=O)Nc2ccccc2)CC1. The number of amides is 2. The number of hydrogen-bond acceptors (Lipinski definition) is 6. The lowest BCUT2D eigenvalue weighted by atomic mass is 10.2. The van der Waals surface area contributed by atoms with Crippen molar-refractivity contribution in [3.63, 3.8) is 0 Å². The van der Waals surface area contributed by atoms with Gasteiger partial charge in [-0.25, -0.2) is 0 Å². The summed E-state index contributed by atoms with van der Waals surface area (Å²) in [6.07, 6.45) is 0. The summed E-state index contributed by atoms with van der Waals surface area (Å²) in [7, 11) is 1.80. The van der Waals surface area contributed by atoms with Crippen LogP contribution in [0.3, 0.4) is 0 Å². The van der Waals surface area contributed by atoms with E-state index in [2.05, 4.69) is 19.9 Å². The van der Waals surface area contributed by atoms with Crippen LogP contribution in [-0.4, -0.2) is 65.8 Å². The topological polar surface area (TPSA) is 77.6 Å². The summed E-state index contributed by atoms with van der Waals surface area (Å²) in [6, 6.07) is 9.42. The van der Waals surface area contributed by atoms with Crippen molar-refractivity contribution in [3.05, 3.63) is 41.6 Å². The van der Waals surface area contributed by atoms with Crippen LogP contribution in [0.4, 0.5) is 10.7 Å². The smallest absolute Gasteiger partial charge is 0.258 e. The Bertz CT molecular complexity index is 769. The zero-order valence-electron chi connectivity index (χ0n) is 15.0. The second-order valence-electron chi connectivity index (χ2n) is 6.20. The van der Waals surface area contributed by atoms with Crippen LogP contribution in [0.15, 0.2) is 30.3 Å². The van der Waals surface area contributed by atoms with Crippen LogP contribution in [0.2, 0.25) is 0 Å². The molecule has 0 spiro atoms. The summed E-state index contributed by atoms with van der Waals surface area (Å²) >= 11 is 1.31. The van der Waals surface area contributed by atoms with E-state index < -0.39 is 0 Å². The minimum atomic E-state index is -0.0358. The average molecular weight is 373 g/mol. The highest BCUT2D eigenvalue weighted by atomic mass is 32.1. The molecule has 0 bridgehead atoms. The molecule has 1 aromatic carbocycles. The predicted octanol–water partition coefficient (Wildman–Crippen LogP) is 1.89. The van der Waals surface area contributed by atoms with Crippen molar-refractivity contribution < 1.29 is 9.59 Å². The molecule has 0 radical (unpaired) electrons. The number of nitrogens with zero attached hydrogens (tertiary/aromatic N) is 3. The second kappa shape index (κ2) is 8.29. The third-order valence-electron chi connectivity index (χ3n) is 4.39. The predicted molar refractivity (Wildman–Crippen MR) is 104 cm³/mol. The van der Waals surface area contributed by atoms with E-state index in [4.69, 9.17) is 0 Å². The van der Waals surface area contributed by atoms with Gasteiger partial charge in [-0.2, -0.15) is 4.37 Å². The molecule has 1 saturated heterocycles. The van der Waals surface area contributed by atoms with Gasteiger partial charge in [0.15, 0.2) is 0 Å². The van der Waals surface area contributed by atoms with Crippen LogP contribution < -0.4 is 10.6 Å². The standard InChI is InChI=1S/C18H23N5O2S/c1-13-16(17(19-2)26-21-13)18(25)23-10-8-22(9-11-23)12-15(24)20-14-6-4-3-5-7-14/h3-7,19H,8-12H2,1-2H3,(H,20,24). The first-order valence-corrected chi connectivity index (χ1v) is 9.36. The van der Waals surface area contributed by atoms with Crippen LogP contribution in [0.1, 0.15) is 16.1 Å². The summed E-state index contributed by atoms with van der Waals surface area (Å²) in [4.78, 5) is 28.9. The van der Waals surface area contributed by atoms with Crippen molar-refractivity contribution in [2.24, 2.45) is 0 Å². The number of aromatic nitrogens is 1. The molecule has 0 atom stereocenters. The molecule has 8 heteroatoms. The van der Waals surface area contributed by atoms with Gasteiger partial charge in [-0.1, -0.05) is 18.2 Å². The monoisotopic (exact) mass is 373 g/mol. The maximum atomic E-state index is 12.8. The van der Waals surface area contributed by atoms with E-state index in [9.17, 15) is 9.59 Å². The zero-order chi connectivity index (χ0) is 18.5. The highest BCUT2D eigenvalue weighted by Gasteiger charge is 2.27. The highest BCUT2D eigenvalue weighted by Crippen LogP contribution is 2.25. The molecule has 1 fully saturated rings. The van der Waals surface area contributed by atoms with Gasteiger partial charge >= 0.3 is 0 Å². The molecule has 2 N–H and O–H groups in total. The van der Waals surface area contributed by atoms with Gasteiger partial charge in [-0.3, -0.25) is 14.5 Å². The Kier molecular flexibility index (Phi) is 5.85. The molecule has 138 valence electrons. The molecule has 2 amide bonds. The quantitative estimate of drug-likeness (QED) is 0.837. The van der Waals surface area contributed by atoms with Crippen LogP contribution in [0.25, 0.3) is 0 Å². The molecule has 0 unspecified atom stereocenters. The van der Waals surface area contributed by atoms with E-state index in [1.807, 2.05) is 42.2 Å². The number of nitrogens with one attached hydrogen (secondary N) is 2. The molecule has 2 heterocycles. The summed E-state index contributed by atoms with van der Waals surface area (Å²) in [6.45, 7) is 4.76. The number of rotatable bonds is 5. The minimum Gasteiger partial charge on any atom is -0.378 e. The largest absolute Gasteiger partial charge is 0.378 e. The van der Waals surface area contributed by atoms with Crippen LogP contribution in [-0.2, 0) is 4.79 Å². The van der Waals surface area contributed by atoms with Gasteiger partial charge < -0.3 is 15.5 Å². The lowest BCUT2D eigenvalue weighted by molar-refractivity contribution is -0.117. The number of carbonyl (C=O) groups excluding carboxylic acids is 2. The third kappa shape index (κ3) is 4.20. The molecule has 0 aliphatic carbocycles. The first kappa shape index (κ1) is 18.3. The number of para-hydroxylation sites is 1. The summed E-state index contributed by atoms with van der Waals surface area (Å²) in [5.74, 6) is -0.0275. The van der Waals surface area contributed by atoms with Crippen LogP contribution in [0, 0.1) is 6.92 Å². The molecule has 1 aromatic heterocycles. The number of carbonyl (C=O) groups is 2. The molecule has 2 aromatic rings. The van der Waals surface area contributed by atoms with Gasteiger partial charge in [-0.15, -0.1) is 0 Å². The summed E-state index contributed by atoms with van der Waals surface area (Å²) in [5.41, 5.74) is 2.22. The molecule has 26 heavy (non-hydrogen) atoms. The van der Waals surface area contributed by atoms with Crippen molar-refractivity contribution in [1.82, 2.24) is 14.2 Å². The third-order valence-corrected chi connectivity index (χ3v) is 5.34. The van der Waals surface area contributed by atoms with E-state index >= 15 is 0 Å². The first-order valence-electron chi connectivity index (χ1n) is 8.59. The van der Waals surface area contributed by atoms with Crippen molar-refractivity contribution in [2.75, 3.05) is 50.4 Å². The zero-order valence-corrected chi connectivity index (χ0v) is 15.8. The fourth-order valence-corrected chi connectivity index (χ4v) is 3.72. The van der Waals surface area contributed by atoms with E-state index in [0.29, 0.717) is 38.3 Å². The van der Waals surface area contributed by atoms with Crippen molar-refractivity contribution in [3.8, 4) is 0 Å². The van der Waals surface area contributed by atoms with Crippen molar-refractivity contribution in [2.45, 2.75) is 6.92 Å². The van der Waals surface area contributed by atoms with Gasteiger partial charge in [-0.05, 0) is 30.6 Å². The fourth-order valence-electron chi connectivity index (χ4n) is 2.98. The molecule has 0 saturated carbocycles. The fraction of sp³-hybridized carbons (Fsp3) is 0.389. The second-order valence-corrected chi connectivity index (χ2v) is 6.98. The first-order chi connectivity index (χ1) is 12.6. The number of anilines is 2. The van der Waals surface area contributed by atoms with Gasteiger partial charge in [0.1, 0.15) is 5.00 Å². The Labute approximate surface area is 157 Å². The lowest BCUT2D eigenvalue weighted by Crippen LogP contribution is -2.50. The molecular formula is C18H23N5O2S. The molecule has 1 aliphatic heterocycles. The highest BCUT2D eigenvalue weighted by molar-refractivity contribution is 7.10. The Morgan fingerprint density at radius 3 is 2.50 bits per heavy atom. The minimum absolute atomic E-state index is 0.00832. The van der Waals surface area contributed by atoms with Gasteiger partial charge in [0.25, 0.3) is 5.91 Å². The van der Waals surface area contributed by atoms with Crippen molar-refractivity contribution >= 4 is 34.0 Å². The Hall–Kier alpha value is -2.45. The van der Waals surface area contributed by atoms with Gasteiger partial charge in [0.2, 0.25) is 5.91 Å². The normalized spacial score (nSPS) is 14.9. The number of piperazine rings is 1. The van der Waals surface area contributed by atoms with Crippen molar-refractivity contribution in [1.29, 1.82) is 0 Å². The van der Waals surface area contributed by atoms with E-state index in [1.165, 1.54) is 11.5 Å².